The van der Waals surface area contributed by atoms with Crippen LogP contribution in [0.15, 0.2) is 35.1 Å². The van der Waals surface area contributed by atoms with Crippen molar-refractivity contribution in [1.82, 2.24) is 14.8 Å². The SMILES string of the molecule is CC[C@@H]1CCCCN1CCCNC(=O)COc1cc(=O)n(C)c2ccccc12. The number of hydrogen-bond acceptors (Lipinski definition) is 4. The largest absolute Gasteiger partial charge is 0.483 e. The Kier molecular flexibility index (Phi) is 7.09. The van der Waals surface area contributed by atoms with Crippen LogP contribution in [0.1, 0.15) is 39.0 Å². The van der Waals surface area contributed by atoms with E-state index in [1.165, 1.54) is 38.3 Å². The van der Waals surface area contributed by atoms with Crippen molar-refractivity contribution in [2.24, 2.45) is 7.05 Å². The first kappa shape index (κ1) is 20.4. The molecule has 0 spiro atoms. The minimum atomic E-state index is -0.157. The van der Waals surface area contributed by atoms with E-state index >= 15 is 0 Å². The quantitative estimate of drug-likeness (QED) is 0.710. The van der Waals surface area contributed by atoms with Crippen molar-refractivity contribution in [3.05, 3.63) is 40.7 Å². The highest BCUT2D eigenvalue weighted by atomic mass is 16.5. The molecule has 28 heavy (non-hydrogen) atoms. The molecule has 0 aliphatic carbocycles. The van der Waals surface area contributed by atoms with E-state index in [0.29, 0.717) is 18.3 Å². The monoisotopic (exact) mass is 385 g/mol. The van der Waals surface area contributed by atoms with Crippen LogP contribution in [0.25, 0.3) is 10.9 Å². The van der Waals surface area contributed by atoms with E-state index < -0.39 is 0 Å². The van der Waals surface area contributed by atoms with Gasteiger partial charge in [-0.05, 0) is 44.4 Å². The molecule has 0 saturated carbocycles. The van der Waals surface area contributed by atoms with E-state index in [0.717, 1.165) is 23.9 Å². The van der Waals surface area contributed by atoms with E-state index in [2.05, 4.69) is 17.1 Å². The molecule has 1 aromatic heterocycles. The van der Waals surface area contributed by atoms with Crippen LogP contribution in [-0.4, -0.2) is 47.7 Å². The van der Waals surface area contributed by atoms with Crippen LogP contribution in [0, 0.1) is 0 Å². The average Bonchev–Trinajstić information content (AvgIpc) is 2.73. The number of hydrogen-bond donors (Lipinski definition) is 1. The van der Waals surface area contributed by atoms with Gasteiger partial charge >= 0.3 is 0 Å². The average molecular weight is 386 g/mol. The van der Waals surface area contributed by atoms with Crippen molar-refractivity contribution in [3.63, 3.8) is 0 Å². The molecule has 6 nitrogen and oxygen atoms in total. The van der Waals surface area contributed by atoms with Crippen LogP contribution in [-0.2, 0) is 11.8 Å². The topological polar surface area (TPSA) is 63.6 Å². The number of carbonyl (C=O) groups is 1. The molecule has 6 heteroatoms. The summed E-state index contributed by atoms with van der Waals surface area (Å²) in [5, 5.41) is 3.75. The molecule has 1 saturated heterocycles. The molecule has 0 radical (unpaired) electrons. The number of benzene rings is 1. The summed E-state index contributed by atoms with van der Waals surface area (Å²) in [6, 6.07) is 9.67. The van der Waals surface area contributed by atoms with Gasteiger partial charge in [-0.3, -0.25) is 9.59 Å². The number of para-hydroxylation sites is 1. The number of piperidine rings is 1. The number of nitrogens with one attached hydrogen (secondary N) is 1. The number of aromatic nitrogens is 1. The second-order valence-corrected chi connectivity index (χ2v) is 7.51. The molecule has 3 rings (SSSR count). The minimum absolute atomic E-state index is 0.0849. The van der Waals surface area contributed by atoms with Crippen molar-refractivity contribution in [2.45, 2.75) is 45.1 Å². The van der Waals surface area contributed by atoms with Crippen LogP contribution < -0.4 is 15.6 Å². The lowest BCUT2D eigenvalue weighted by molar-refractivity contribution is -0.123. The van der Waals surface area contributed by atoms with Gasteiger partial charge in [-0.15, -0.1) is 0 Å². The lowest BCUT2D eigenvalue weighted by Gasteiger charge is -2.35. The van der Waals surface area contributed by atoms with E-state index in [1.807, 2.05) is 24.3 Å². The first-order valence-corrected chi connectivity index (χ1v) is 10.3. The van der Waals surface area contributed by atoms with E-state index in [-0.39, 0.29) is 18.1 Å². The summed E-state index contributed by atoms with van der Waals surface area (Å²) in [7, 11) is 1.73. The van der Waals surface area contributed by atoms with Crippen molar-refractivity contribution < 1.29 is 9.53 Å². The summed E-state index contributed by atoms with van der Waals surface area (Å²) in [6.07, 6.45) is 6.05. The van der Waals surface area contributed by atoms with Gasteiger partial charge in [0.1, 0.15) is 5.75 Å². The third-order valence-electron chi connectivity index (χ3n) is 5.64. The molecule has 1 atom stereocenters. The van der Waals surface area contributed by atoms with Gasteiger partial charge in [0.15, 0.2) is 6.61 Å². The third-order valence-corrected chi connectivity index (χ3v) is 5.64. The summed E-state index contributed by atoms with van der Waals surface area (Å²) >= 11 is 0. The van der Waals surface area contributed by atoms with Crippen molar-refractivity contribution >= 4 is 16.8 Å². The Morgan fingerprint density at radius 1 is 1.29 bits per heavy atom. The number of likely N-dealkylation sites (tertiary alicyclic amines) is 1. The number of carbonyl (C=O) groups excluding carboxylic acids is 1. The Labute approximate surface area is 166 Å². The Hall–Kier alpha value is -2.34. The number of ether oxygens (including phenoxy) is 1. The van der Waals surface area contributed by atoms with Crippen molar-refractivity contribution in [2.75, 3.05) is 26.2 Å². The zero-order valence-electron chi connectivity index (χ0n) is 16.9. The van der Waals surface area contributed by atoms with Gasteiger partial charge in [0.25, 0.3) is 11.5 Å². The van der Waals surface area contributed by atoms with Gasteiger partial charge in [-0.1, -0.05) is 25.5 Å². The molecule has 1 N–H and O–H groups in total. The maximum absolute atomic E-state index is 12.1. The summed E-state index contributed by atoms with van der Waals surface area (Å²) in [5.74, 6) is 0.295. The van der Waals surface area contributed by atoms with Gasteiger partial charge < -0.3 is 19.5 Å². The van der Waals surface area contributed by atoms with Gasteiger partial charge in [0.2, 0.25) is 0 Å². The summed E-state index contributed by atoms with van der Waals surface area (Å²) in [4.78, 5) is 26.8. The molecule has 0 unspecified atom stereocenters. The molecule has 1 aliphatic rings. The Bertz CT molecular complexity index is 862. The van der Waals surface area contributed by atoms with Gasteiger partial charge in [0.05, 0.1) is 5.52 Å². The molecule has 152 valence electrons. The highest BCUT2D eigenvalue weighted by Gasteiger charge is 2.19. The lowest BCUT2D eigenvalue weighted by Crippen LogP contribution is -2.41. The third kappa shape index (κ3) is 4.93. The normalized spacial score (nSPS) is 17.6. The van der Waals surface area contributed by atoms with Gasteiger partial charge in [0, 0.05) is 37.6 Å². The number of pyridine rings is 1. The maximum Gasteiger partial charge on any atom is 0.257 e. The Morgan fingerprint density at radius 2 is 2.11 bits per heavy atom. The molecule has 2 heterocycles. The van der Waals surface area contributed by atoms with Crippen molar-refractivity contribution in [3.8, 4) is 5.75 Å². The summed E-state index contributed by atoms with van der Waals surface area (Å²) < 4.78 is 7.24. The summed E-state index contributed by atoms with van der Waals surface area (Å²) in [6.45, 7) is 5.01. The number of amides is 1. The second-order valence-electron chi connectivity index (χ2n) is 7.51. The zero-order valence-corrected chi connectivity index (χ0v) is 16.9. The fraction of sp³-hybridized carbons (Fsp3) is 0.545. The number of aryl methyl sites for hydroxylation is 1. The molecule has 1 amide bonds. The number of nitrogens with zero attached hydrogens (tertiary/aromatic N) is 2. The van der Waals surface area contributed by atoms with Crippen LogP contribution in [0.4, 0.5) is 0 Å². The van der Waals surface area contributed by atoms with Crippen LogP contribution in [0.2, 0.25) is 0 Å². The number of fused-ring (bicyclic) bond motifs is 1. The maximum atomic E-state index is 12.1. The van der Waals surface area contributed by atoms with Gasteiger partial charge in [-0.2, -0.15) is 0 Å². The second kappa shape index (κ2) is 9.73. The molecule has 0 bridgehead atoms. The fourth-order valence-corrected chi connectivity index (χ4v) is 4.02. The van der Waals surface area contributed by atoms with Crippen LogP contribution in [0.5, 0.6) is 5.75 Å². The molecular weight excluding hydrogens is 354 g/mol. The highest BCUT2D eigenvalue weighted by Crippen LogP contribution is 2.23. The zero-order chi connectivity index (χ0) is 19.9. The van der Waals surface area contributed by atoms with Crippen LogP contribution >= 0.6 is 0 Å². The predicted octanol–water partition coefficient (Wildman–Crippen LogP) is 2.69. The highest BCUT2D eigenvalue weighted by molar-refractivity contribution is 5.86. The first-order valence-electron chi connectivity index (χ1n) is 10.3. The van der Waals surface area contributed by atoms with Crippen molar-refractivity contribution in [1.29, 1.82) is 0 Å². The standard InChI is InChI=1S/C22H31N3O3/c1-3-17-9-6-7-13-25(17)14-8-12-23-21(26)16-28-20-15-22(27)24(2)19-11-5-4-10-18(19)20/h4-5,10-11,15,17H,3,6-9,12-14,16H2,1-2H3,(H,23,26)/t17-/m1/s1. The van der Waals surface area contributed by atoms with E-state index in [9.17, 15) is 9.59 Å². The molecule has 1 fully saturated rings. The number of rotatable bonds is 8. The molecule has 1 aliphatic heterocycles. The molecule has 1 aromatic carbocycles. The van der Waals surface area contributed by atoms with Crippen LogP contribution in [0.3, 0.4) is 0 Å². The smallest absolute Gasteiger partial charge is 0.257 e. The fourth-order valence-electron chi connectivity index (χ4n) is 4.02. The minimum Gasteiger partial charge on any atom is -0.483 e. The van der Waals surface area contributed by atoms with E-state index in [4.69, 9.17) is 4.74 Å². The Morgan fingerprint density at radius 3 is 2.93 bits per heavy atom. The predicted molar refractivity (Wildman–Crippen MR) is 112 cm³/mol. The first-order chi connectivity index (χ1) is 13.6. The van der Waals surface area contributed by atoms with Gasteiger partial charge in [-0.25, -0.2) is 0 Å². The molecule has 2 aromatic rings. The lowest BCUT2D eigenvalue weighted by atomic mass is 10.00. The molecular formula is C22H31N3O3. The Balaban J connectivity index is 1.47. The van der Waals surface area contributed by atoms with E-state index in [1.54, 1.807) is 11.6 Å². The summed E-state index contributed by atoms with van der Waals surface area (Å²) in [5.41, 5.74) is 0.638.